The van der Waals surface area contributed by atoms with Gasteiger partial charge in [0.05, 0.1) is 12.5 Å². The van der Waals surface area contributed by atoms with Crippen molar-refractivity contribution in [2.24, 2.45) is 47.3 Å². The van der Waals surface area contributed by atoms with Gasteiger partial charge in [0.25, 0.3) is 0 Å². The van der Waals surface area contributed by atoms with Gasteiger partial charge in [-0.05, 0) is 67.1 Å². The number of hydrogen-bond acceptors (Lipinski definition) is 2. The highest BCUT2D eigenvalue weighted by Crippen LogP contribution is 2.67. The summed E-state index contributed by atoms with van der Waals surface area (Å²) in [6, 6.07) is 0. The van der Waals surface area contributed by atoms with Crippen LogP contribution in [0.15, 0.2) is 12.2 Å². The molecule has 0 aliphatic heterocycles. The highest BCUT2D eigenvalue weighted by molar-refractivity contribution is 5.73. The summed E-state index contributed by atoms with van der Waals surface area (Å²) in [5.41, 5.74) is 0. The fourth-order valence-corrected chi connectivity index (χ4v) is 6.19. The van der Waals surface area contributed by atoms with E-state index in [1.807, 2.05) is 0 Å². The minimum Gasteiger partial charge on any atom is -0.465 e. The first-order valence-corrected chi connectivity index (χ1v) is 9.04. The molecule has 0 aromatic carbocycles. The van der Waals surface area contributed by atoms with Gasteiger partial charge in [0.1, 0.15) is 0 Å². The van der Waals surface area contributed by atoms with Gasteiger partial charge >= 0.3 is 5.97 Å². The Kier molecular flexibility index (Phi) is 3.39. The average Bonchev–Trinajstić information content (AvgIpc) is 3.21. The number of fused-ring (bicyclic) bond motifs is 9. The van der Waals surface area contributed by atoms with E-state index in [0.717, 1.165) is 42.4 Å². The maximum Gasteiger partial charge on any atom is 0.309 e. The maximum absolute atomic E-state index is 12.5. The lowest BCUT2D eigenvalue weighted by atomic mass is 9.69. The summed E-state index contributed by atoms with van der Waals surface area (Å²) in [5.74, 6) is 5.64. The van der Waals surface area contributed by atoms with Gasteiger partial charge in [0, 0.05) is 0 Å². The van der Waals surface area contributed by atoms with Crippen molar-refractivity contribution < 1.29 is 9.53 Å². The molecule has 0 saturated heterocycles. The van der Waals surface area contributed by atoms with E-state index in [4.69, 9.17) is 4.74 Å². The Morgan fingerprint density at radius 3 is 2.71 bits per heavy atom. The van der Waals surface area contributed by atoms with Crippen molar-refractivity contribution in [2.75, 3.05) is 6.61 Å². The number of allylic oxidation sites excluding steroid dienone is 2. The van der Waals surface area contributed by atoms with E-state index < -0.39 is 0 Å². The third kappa shape index (κ3) is 2.09. The minimum atomic E-state index is 0.121. The normalized spacial score (nSPS) is 46.9. The van der Waals surface area contributed by atoms with Gasteiger partial charge < -0.3 is 4.74 Å². The molecule has 116 valence electrons. The summed E-state index contributed by atoms with van der Waals surface area (Å²) >= 11 is 0. The Hall–Kier alpha value is -0.790. The van der Waals surface area contributed by atoms with Crippen LogP contribution in [0.5, 0.6) is 0 Å². The van der Waals surface area contributed by atoms with Gasteiger partial charge in [-0.3, -0.25) is 4.79 Å². The van der Waals surface area contributed by atoms with E-state index in [9.17, 15) is 4.79 Å². The second kappa shape index (κ2) is 5.14. The first-order chi connectivity index (χ1) is 10.2. The van der Waals surface area contributed by atoms with Crippen molar-refractivity contribution in [1.82, 2.24) is 0 Å². The summed E-state index contributed by atoms with van der Waals surface area (Å²) in [6.45, 7) is 5.01. The van der Waals surface area contributed by atoms with Crippen LogP contribution in [0, 0.1) is 47.3 Å². The highest BCUT2D eigenvalue weighted by Gasteiger charge is 2.62. The van der Waals surface area contributed by atoms with Crippen LogP contribution in [0.25, 0.3) is 0 Å². The van der Waals surface area contributed by atoms with Gasteiger partial charge in [-0.1, -0.05) is 32.4 Å². The number of carbonyl (C=O) groups excluding carboxylic acids is 1. The van der Waals surface area contributed by atoms with Crippen molar-refractivity contribution in [3.63, 3.8) is 0 Å². The van der Waals surface area contributed by atoms with E-state index in [1.165, 1.54) is 19.3 Å². The van der Waals surface area contributed by atoms with Crippen LogP contribution in [-0.4, -0.2) is 12.6 Å². The number of rotatable bonds is 5. The van der Waals surface area contributed by atoms with Crippen molar-refractivity contribution in [3.05, 3.63) is 12.2 Å². The van der Waals surface area contributed by atoms with Crippen molar-refractivity contribution in [3.8, 4) is 0 Å². The zero-order valence-corrected chi connectivity index (χ0v) is 13.3. The summed E-state index contributed by atoms with van der Waals surface area (Å²) in [5, 5.41) is 0. The number of esters is 1. The first-order valence-electron chi connectivity index (χ1n) is 9.04. The third-order valence-electron chi connectivity index (χ3n) is 6.86. The second-order valence-corrected chi connectivity index (χ2v) is 8.13. The number of carbonyl (C=O) groups is 1. The van der Waals surface area contributed by atoms with E-state index >= 15 is 0 Å². The standard InChI is InChI=1S/C19H28O2/c1-3-4-11(2)10-21-19(20)16-9-14-8-15(16)18-13-6-5-12(7-13)17(14)18/h5-6,11-18H,3-4,7-10H2,1-2H3. The van der Waals surface area contributed by atoms with Crippen LogP contribution in [0.3, 0.4) is 0 Å². The third-order valence-corrected chi connectivity index (χ3v) is 6.86. The fourth-order valence-electron chi connectivity index (χ4n) is 6.19. The van der Waals surface area contributed by atoms with Gasteiger partial charge in [-0.2, -0.15) is 0 Å². The highest BCUT2D eigenvalue weighted by atomic mass is 16.5. The predicted octanol–water partition coefficient (Wildman–Crippen LogP) is 4.06. The molecule has 4 rings (SSSR count). The molecular formula is C19H28O2. The van der Waals surface area contributed by atoms with E-state index in [1.54, 1.807) is 0 Å². The zero-order valence-electron chi connectivity index (χ0n) is 13.3. The summed E-state index contributed by atoms with van der Waals surface area (Å²) < 4.78 is 5.66. The fraction of sp³-hybridized carbons (Fsp3) is 0.842. The largest absolute Gasteiger partial charge is 0.465 e. The van der Waals surface area contributed by atoms with Crippen molar-refractivity contribution in [2.45, 2.75) is 46.0 Å². The molecule has 8 atom stereocenters. The molecule has 0 N–H and O–H groups in total. The van der Waals surface area contributed by atoms with Gasteiger partial charge in [0.2, 0.25) is 0 Å². The molecule has 2 heteroatoms. The van der Waals surface area contributed by atoms with E-state index in [0.29, 0.717) is 18.4 Å². The van der Waals surface area contributed by atoms with Crippen LogP contribution < -0.4 is 0 Å². The van der Waals surface area contributed by atoms with Gasteiger partial charge in [0.15, 0.2) is 0 Å². The van der Waals surface area contributed by atoms with Crippen LogP contribution in [0.4, 0.5) is 0 Å². The maximum atomic E-state index is 12.5. The van der Waals surface area contributed by atoms with E-state index in [-0.39, 0.29) is 11.9 Å². The van der Waals surface area contributed by atoms with Crippen molar-refractivity contribution >= 4 is 5.97 Å². The van der Waals surface area contributed by atoms with Gasteiger partial charge in [-0.25, -0.2) is 0 Å². The van der Waals surface area contributed by atoms with Crippen LogP contribution in [0.1, 0.15) is 46.0 Å². The summed E-state index contributed by atoms with van der Waals surface area (Å²) in [4.78, 5) is 12.5. The molecule has 0 amide bonds. The molecule has 21 heavy (non-hydrogen) atoms. The quantitative estimate of drug-likeness (QED) is 0.433. The molecule has 0 radical (unpaired) electrons. The molecule has 0 aromatic rings. The molecule has 0 spiro atoms. The van der Waals surface area contributed by atoms with Gasteiger partial charge in [-0.15, -0.1) is 0 Å². The smallest absolute Gasteiger partial charge is 0.309 e. The molecule has 0 heterocycles. The Morgan fingerprint density at radius 2 is 1.95 bits per heavy atom. The molecule has 4 bridgehead atoms. The number of ether oxygens (including phenoxy) is 1. The Labute approximate surface area is 128 Å². The first kappa shape index (κ1) is 13.8. The summed E-state index contributed by atoms with van der Waals surface area (Å²) in [7, 11) is 0. The molecule has 3 saturated carbocycles. The van der Waals surface area contributed by atoms with Crippen LogP contribution >= 0.6 is 0 Å². The lowest BCUT2D eigenvalue weighted by Crippen LogP contribution is -2.35. The second-order valence-electron chi connectivity index (χ2n) is 8.13. The zero-order chi connectivity index (χ0) is 14.6. The van der Waals surface area contributed by atoms with Crippen LogP contribution in [-0.2, 0) is 9.53 Å². The lowest BCUT2D eigenvalue weighted by Gasteiger charge is -2.35. The average molecular weight is 288 g/mol. The molecule has 3 fully saturated rings. The topological polar surface area (TPSA) is 26.3 Å². The molecule has 0 aromatic heterocycles. The minimum absolute atomic E-state index is 0.121. The Morgan fingerprint density at radius 1 is 1.19 bits per heavy atom. The molecule has 4 aliphatic carbocycles. The van der Waals surface area contributed by atoms with Crippen LogP contribution in [0.2, 0.25) is 0 Å². The monoisotopic (exact) mass is 288 g/mol. The Bertz CT molecular complexity index is 454. The lowest BCUT2D eigenvalue weighted by molar-refractivity contribution is -0.153. The summed E-state index contributed by atoms with van der Waals surface area (Å²) in [6.07, 6.45) is 11.0. The van der Waals surface area contributed by atoms with Crippen molar-refractivity contribution in [1.29, 1.82) is 0 Å². The molecule has 2 nitrogen and oxygen atoms in total. The molecular weight excluding hydrogens is 260 g/mol. The van der Waals surface area contributed by atoms with E-state index in [2.05, 4.69) is 26.0 Å². The SMILES string of the molecule is CCCC(C)COC(=O)C1CC2CC1C1C3C=CC(C3)C21. The molecule has 4 aliphatic rings. The predicted molar refractivity (Wildman–Crippen MR) is 82.5 cm³/mol. The Balaban J connectivity index is 1.38. The number of hydrogen-bond donors (Lipinski definition) is 0. The molecule has 8 unspecified atom stereocenters.